The van der Waals surface area contributed by atoms with Gasteiger partial charge in [-0.2, -0.15) is 13.2 Å². The lowest BCUT2D eigenvalue weighted by Gasteiger charge is -2.20. The van der Waals surface area contributed by atoms with Gasteiger partial charge in [0.05, 0.1) is 6.61 Å². The molecule has 0 saturated carbocycles. The summed E-state index contributed by atoms with van der Waals surface area (Å²) < 4.78 is 46.9. The average Bonchev–Trinajstić information content (AvgIpc) is 2.24. The van der Waals surface area contributed by atoms with Crippen LogP contribution >= 0.6 is 35.6 Å². The van der Waals surface area contributed by atoms with Gasteiger partial charge in [0.1, 0.15) is 12.0 Å². The first-order valence-corrected chi connectivity index (χ1v) is 7.06. The van der Waals surface area contributed by atoms with Crippen molar-refractivity contribution in [3.05, 3.63) is 0 Å². The Hall–Kier alpha value is -0.210. The van der Waals surface area contributed by atoms with E-state index in [1.807, 2.05) is 0 Å². The maximum atomic E-state index is 12.4. The van der Waals surface area contributed by atoms with E-state index in [0.29, 0.717) is 6.61 Å². The molecule has 0 bridgehead atoms. The third-order valence-corrected chi connectivity index (χ3v) is 3.63. The van der Waals surface area contributed by atoms with Crippen LogP contribution in [-0.2, 0) is 14.3 Å². The predicted octanol–water partition coefficient (Wildman–Crippen LogP) is 3.53. The number of thioether (sulfide) groups is 1. The number of hydrogen-bond acceptors (Lipinski definition) is 5. The fraction of sp³-hybridized carbons (Fsp3) is 0.800. The van der Waals surface area contributed by atoms with E-state index in [1.54, 1.807) is 6.92 Å². The summed E-state index contributed by atoms with van der Waals surface area (Å²) in [5, 5.41) is -2.72. The third-order valence-electron chi connectivity index (χ3n) is 1.82. The van der Waals surface area contributed by atoms with Gasteiger partial charge in [0, 0.05) is 12.2 Å². The van der Waals surface area contributed by atoms with Crippen molar-refractivity contribution in [3.63, 3.8) is 0 Å². The summed E-state index contributed by atoms with van der Waals surface area (Å²) in [6, 6.07) is 0. The highest BCUT2D eigenvalue weighted by Gasteiger charge is 2.40. The summed E-state index contributed by atoms with van der Waals surface area (Å²) in [6.45, 7) is 2.99. The van der Waals surface area contributed by atoms with Gasteiger partial charge in [-0.3, -0.25) is 4.79 Å². The zero-order chi connectivity index (χ0) is 15.1. The molecule has 9 heteroatoms. The Morgan fingerprint density at radius 1 is 1.42 bits per heavy atom. The van der Waals surface area contributed by atoms with Crippen LogP contribution in [0.2, 0.25) is 0 Å². The van der Waals surface area contributed by atoms with Crippen LogP contribution in [0.15, 0.2) is 0 Å². The minimum Gasteiger partial charge on any atom is -0.479 e. The molecule has 0 rings (SSSR count). The number of halogens is 4. The van der Waals surface area contributed by atoms with Gasteiger partial charge in [-0.15, -0.1) is 11.6 Å². The topological polar surface area (TPSA) is 35.5 Å². The highest BCUT2D eigenvalue weighted by atomic mass is 35.5. The van der Waals surface area contributed by atoms with Crippen molar-refractivity contribution in [2.24, 2.45) is 0 Å². The lowest BCUT2D eigenvalue weighted by atomic mass is 10.2. The first-order chi connectivity index (χ1) is 8.66. The van der Waals surface area contributed by atoms with Gasteiger partial charge in [-0.25, -0.2) is 0 Å². The molecule has 0 heterocycles. The molecule has 0 N–H and O–H groups in total. The van der Waals surface area contributed by atoms with Crippen LogP contribution in [0.1, 0.15) is 20.3 Å². The standard InChI is InChI=1S/C10H14ClF3O3S2/c1-3-16-9(18)19-7(5-17-6(2)15)4-8(11)10(12,13)14/h7-8H,3-5H2,1-2H3. The van der Waals surface area contributed by atoms with Gasteiger partial charge in [-0.05, 0) is 25.6 Å². The predicted molar refractivity (Wildman–Crippen MR) is 72.5 cm³/mol. The number of hydrogen-bond donors (Lipinski definition) is 0. The monoisotopic (exact) mass is 338 g/mol. The molecule has 0 saturated heterocycles. The number of rotatable bonds is 6. The lowest BCUT2D eigenvalue weighted by Crippen LogP contribution is -2.29. The van der Waals surface area contributed by atoms with E-state index in [0.717, 1.165) is 11.8 Å². The lowest BCUT2D eigenvalue weighted by molar-refractivity contribution is -0.141. The molecule has 0 aliphatic rings. The van der Waals surface area contributed by atoms with E-state index in [4.69, 9.17) is 33.3 Å². The zero-order valence-corrected chi connectivity index (χ0v) is 12.7. The molecule has 0 spiro atoms. The summed E-state index contributed by atoms with van der Waals surface area (Å²) in [7, 11) is 0. The number of carbonyl (C=O) groups excluding carboxylic acids is 1. The van der Waals surface area contributed by atoms with Crippen molar-refractivity contribution in [2.75, 3.05) is 13.2 Å². The van der Waals surface area contributed by atoms with Crippen molar-refractivity contribution in [1.82, 2.24) is 0 Å². The zero-order valence-electron chi connectivity index (χ0n) is 10.3. The van der Waals surface area contributed by atoms with Gasteiger partial charge in [-0.1, -0.05) is 11.8 Å². The molecule has 0 aromatic rings. The van der Waals surface area contributed by atoms with Gasteiger partial charge in [0.25, 0.3) is 0 Å². The van der Waals surface area contributed by atoms with E-state index < -0.39 is 29.2 Å². The summed E-state index contributed by atoms with van der Waals surface area (Å²) >= 11 is 11.0. The summed E-state index contributed by atoms with van der Waals surface area (Å²) in [5.41, 5.74) is 0. The average molecular weight is 339 g/mol. The largest absolute Gasteiger partial charge is 0.479 e. The molecule has 2 unspecified atom stereocenters. The highest BCUT2D eigenvalue weighted by Crippen LogP contribution is 2.32. The minimum atomic E-state index is -4.51. The fourth-order valence-electron chi connectivity index (χ4n) is 1.01. The van der Waals surface area contributed by atoms with Gasteiger partial charge in [0.2, 0.25) is 4.38 Å². The quantitative estimate of drug-likeness (QED) is 0.420. The Labute approximate surface area is 124 Å². The van der Waals surface area contributed by atoms with Crippen molar-refractivity contribution >= 4 is 45.9 Å². The molecule has 2 atom stereocenters. The van der Waals surface area contributed by atoms with Gasteiger partial charge in [0.15, 0.2) is 0 Å². The third kappa shape index (κ3) is 9.34. The molecule has 0 aromatic heterocycles. The number of ether oxygens (including phenoxy) is 2. The Bertz CT molecular complexity index is 313. The SMILES string of the molecule is CCOC(=S)SC(COC(C)=O)CC(Cl)C(F)(F)F. The number of thiocarbonyl (C=S) groups is 1. The molecular weight excluding hydrogens is 325 g/mol. The number of alkyl halides is 4. The number of esters is 1. The molecular formula is C10H14ClF3O3S2. The Kier molecular flexibility index (Phi) is 8.76. The van der Waals surface area contributed by atoms with Crippen LogP contribution in [-0.4, -0.2) is 40.4 Å². The fourth-order valence-corrected chi connectivity index (χ4v) is 2.74. The Morgan fingerprint density at radius 2 is 2.00 bits per heavy atom. The molecule has 0 aromatic carbocycles. The Balaban J connectivity index is 4.48. The van der Waals surface area contributed by atoms with Crippen molar-refractivity contribution < 1.29 is 27.4 Å². The Morgan fingerprint density at radius 3 is 2.42 bits per heavy atom. The maximum absolute atomic E-state index is 12.4. The number of carbonyl (C=O) groups is 1. The van der Waals surface area contributed by atoms with Crippen LogP contribution in [0.25, 0.3) is 0 Å². The smallest absolute Gasteiger partial charge is 0.404 e. The second-order valence-corrected chi connectivity index (χ2v) is 5.90. The molecule has 0 aliphatic carbocycles. The van der Waals surface area contributed by atoms with Crippen LogP contribution in [0.4, 0.5) is 13.2 Å². The van der Waals surface area contributed by atoms with E-state index >= 15 is 0 Å². The van der Waals surface area contributed by atoms with E-state index in [-0.39, 0.29) is 11.0 Å². The molecule has 0 radical (unpaired) electrons. The first-order valence-electron chi connectivity index (χ1n) is 5.34. The molecule has 0 aliphatic heterocycles. The van der Waals surface area contributed by atoms with Crippen molar-refractivity contribution in [1.29, 1.82) is 0 Å². The summed E-state index contributed by atoms with van der Waals surface area (Å²) in [6.07, 6.45) is -4.93. The first kappa shape index (κ1) is 18.8. The van der Waals surface area contributed by atoms with E-state index in [1.165, 1.54) is 6.92 Å². The summed E-state index contributed by atoms with van der Waals surface area (Å²) in [5.74, 6) is -0.578. The van der Waals surface area contributed by atoms with E-state index in [2.05, 4.69) is 0 Å². The second kappa shape index (κ2) is 8.86. The molecule has 19 heavy (non-hydrogen) atoms. The second-order valence-electron chi connectivity index (χ2n) is 3.47. The van der Waals surface area contributed by atoms with Gasteiger partial charge < -0.3 is 9.47 Å². The van der Waals surface area contributed by atoms with Crippen molar-refractivity contribution in [2.45, 2.75) is 37.1 Å². The highest BCUT2D eigenvalue weighted by molar-refractivity contribution is 8.23. The molecule has 0 amide bonds. The van der Waals surface area contributed by atoms with Crippen LogP contribution < -0.4 is 0 Å². The van der Waals surface area contributed by atoms with Crippen LogP contribution in [0, 0.1) is 0 Å². The maximum Gasteiger partial charge on any atom is 0.404 e. The van der Waals surface area contributed by atoms with E-state index in [9.17, 15) is 18.0 Å². The van der Waals surface area contributed by atoms with Crippen LogP contribution in [0.3, 0.4) is 0 Å². The molecule has 3 nitrogen and oxygen atoms in total. The molecule has 0 fully saturated rings. The summed E-state index contributed by atoms with van der Waals surface area (Å²) in [4.78, 5) is 10.7. The van der Waals surface area contributed by atoms with Crippen molar-refractivity contribution in [3.8, 4) is 0 Å². The molecule has 112 valence electrons. The minimum absolute atomic E-state index is 0.102. The van der Waals surface area contributed by atoms with Gasteiger partial charge >= 0.3 is 12.1 Å². The normalized spacial score (nSPS) is 14.6. The van der Waals surface area contributed by atoms with Crippen LogP contribution in [0.5, 0.6) is 0 Å².